The number of aliphatic carboxylic acids is 1. The Kier molecular flexibility index (Phi) is 67.3. The number of quaternary nitrogens is 1. The van der Waals surface area contributed by atoms with Gasteiger partial charge < -0.3 is 33.3 Å². The van der Waals surface area contributed by atoms with Gasteiger partial charge in [0.2, 0.25) is 0 Å². The summed E-state index contributed by atoms with van der Waals surface area (Å²) in [5.74, 6) is -2.30. The molecule has 0 saturated heterocycles. The highest BCUT2D eigenvalue weighted by Crippen LogP contribution is 2.17. The van der Waals surface area contributed by atoms with Crippen molar-refractivity contribution in [1.29, 1.82) is 0 Å². The van der Waals surface area contributed by atoms with Crippen LogP contribution in [0.3, 0.4) is 0 Å². The molecule has 9 nitrogen and oxygen atoms in total. The summed E-state index contributed by atoms with van der Waals surface area (Å²) in [4.78, 5) is 37.5. The Morgan fingerprint density at radius 3 is 0.934 bits per heavy atom. The van der Waals surface area contributed by atoms with Crippen LogP contribution in [0.2, 0.25) is 0 Å². The molecule has 0 radical (unpaired) electrons. The minimum atomic E-state index is -1.63. The third kappa shape index (κ3) is 72.5. The zero-order valence-corrected chi connectivity index (χ0v) is 59.2. The lowest BCUT2D eigenvalue weighted by molar-refractivity contribution is -0.870. The molecule has 0 aliphatic rings. The summed E-state index contributed by atoms with van der Waals surface area (Å²) in [5, 5.41) is 11.8. The van der Waals surface area contributed by atoms with Gasteiger partial charge in [-0.3, -0.25) is 9.59 Å². The van der Waals surface area contributed by atoms with Crippen LogP contribution in [0.5, 0.6) is 0 Å². The lowest BCUT2D eigenvalue weighted by Gasteiger charge is -2.26. The molecule has 0 aliphatic heterocycles. The first-order valence-electron chi connectivity index (χ1n) is 37.0. The second-order valence-electron chi connectivity index (χ2n) is 25.5. The highest BCUT2D eigenvalue weighted by molar-refractivity contribution is 5.70. The van der Waals surface area contributed by atoms with E-state index in [0.717, 1.165) is 116 Å². The molecule has 0 spiro atoms. The monoisotopic (exact) mass is 1260 g/mol. The molecule has 0 aromatic heterocycles. The average Bonchev–Trinajstić information content (AvgIpc) is 3.50. The Morgan fingerprint density at radius 1 is 0.341 bits per heavy atom. The zero-order chi connectivity index (χ0) is 66.1. The molecule has 518 valence electrons. The number of rotatable bonds is 67. The van der Waals surface area contributed by atoms with Gasteiger partial charge >= 0.3 is 11.9 Å². The van der Waals surface area contributed by atoms with Crippen LogP contribution >= 0.6 is 0 Å². The highest BCUT2D eigenvalue weighted by Gasteiger charge is 2.22. The fourth-order valence-corrected chi connectivity index (χ4v) is 9.95. The van der Waals surface area contributed by atoms with Gasteiger partial charge in [0.1, 0.15) is 13.2 Å². The maximum Gasteiger partial charge on any atom is 0.306 e. The van der Waals surface area contributed by atoms with Crippen molar-refractivity contribution in [3.05, 3.63) is 146 Å². The number of likely N-dealkylation sites (N-methyl/N-ethyl adjacent to an activating group) is 1. The Labute approximate surface area is 560 Å². The van der Waals surface area contributed by atoms with E-state index in [4.69, 9.17) is 18.9 Å². The van der Waals surface area contributed by atoms with Crippen LogP contribution in [-0.2, 0) is 33.3 Å². The Hall–Kier alpha value is -4.83. The minimum Gasteiger partial charge on any atom is -0.545 e. The average molecular weight is 1260 g/mol. The van der Waals surface area contributed by atoms with Crippen molar-refractivity contribution < 1.29 is 42.9 Å². The van der Waals surface area contributed by atoms with Crippen LogP contribution in [0.4, 0.5) is 0 Å². The predicted molar refractivity (Wildman–Crippen MR) is 389 cm³/mol. The molecule has 91 heavy (non-hydrogen) atoms. The van der Waals surface area contributed by atoms with E-state index in [1.54, 1.807) is 0 Å². The molecular weight excluding hydrogens is 1130 g/mol. The molecule has 0 aromatic carbocycles. The first kappa shape index (κ1) is 86.2. The molecule has 0 aromatic rings. The van der Waals surface area contributed by atoms with Gasteiger partial charge in [-0.15, -0.1) is 0 Å². The number of carboxylic acids is 1. The SMILES string of the molecule is CC/C=C\C/C=C\C/C=C\C/C=C\C/C=C\C/C=C\C/C=C\C/C=C\C/C=C\CCCCCCCCCCCC(=O)OC(COC(=O)CCCCCCCCCCCCCCCC/C=C\C/C=C\C/C=C\CCCCCCC)COC(OCC[N+](C)(C)C)C(=O)[O-]. The number of esters is 2. The third-order valence-corrected chi connectivity index (χ3v) is 15.6. The normalized spacial score (nSPS) is 13.5. The smallest absolute Gasteiger partial charge is 0.306 e. The van der Waals surface area contributed by atoms with Crippen LogP contribution < -0.4 is 5.11 Å². The number of carboxylic acid groups (broad SMARTS) is 1. The maximum absolute atomic E-state index is 13.0. The first-order chi connectivity index (χ1) is 44.6. The van der Waals surface area contributed by atoms with E-state index in [1.165, 1.54) is 148 Å². The van der Waals surface area contributed by atoms with Crippen LogP contribution in [0.1, 0.15) is 296 Å². The number of allylic oxidation sites excluding steroid dienone is 24. The van der Waals surface area contributed by atoms with E-state index in [-0.39, 0.29) is 38.6 Å². The topological polar surface area (TPSA) is 111 Å². The molecular formula is C82H137NO8. The molecule has 0 amide bonds. The summed E-state index contributed by atoms with van der Waals surface area (Å²) in [6.45, 7) is 4.62. The van der Waals surface area contributed by atoms with Crippen molar-refractivity contribution in [1.82, 2.24) is 0 Å². The molecule has 0 saturated carbocycles. The molecule has 2 atom stereocenters. The minimum absolute atomic E-state index is 0.140. The van der Waals surface area contributed by atoms with Gasteiger partial charge in [-0.2, -0.15) is 0 Å². The van der Waals surface area contributed by atoms with E-state index in [2.05, 4.69) is 160 Å². The summed E-state index contributed by atoms with van der Waals surface area (Å²) in [5.41, 5.74) is 0. The molecule has 0 rings (SSSR count). The lowest BCUT2D eigenvalue weighted by Crippen LogP contribution is -2.44. The van der Waals surface area contributed by atoms with Crippen LogP contribution in [0.25, 0.3) is 0 Å². The second-order valence-corrected chi connectivity index (χ2v) is 25.5. The van der Waals surface area contributed by atoms with Crippen molar-refractivity contribution in [2.24, 2.45) is 0 Å². The van der Waals surface area contributed by atoms with E-state index in [0.29, 0.717) is 17.4 Å². The van der Waals surface area contributed by atoms with Crippen molar-refractivity contribution in [2.45, 2.75) is 309 Å². The van der Waals surface area contributed by atoms with E-state index < -0.39 is 24.3 Å². The van der Waals surface area contributed by atoms with Gasteiger partial charge in [0.05, 0.1) is 40.3 Å². The first-order valence-corrected chi connectivity index (χ1v) is 37.0. The fraction of sp³-hybridized carbons (Fsp3) is 0.671. The fourth-order valence-electron chi connectivity index (χ4n) is 9.95. The summed E-state index contributed by atoms with van der Waals surface area (Å²) in [6, 6.07) is 0. The van der Waals surface area contributed by atoms with Crippen molar-refractivity contribution in [3.8, 4) is 0 Å². The molecule has 0 bridgehead atoms. The number of ether oxygens (including phenoxy) is 4. The largest absolute Gasteiger partial charge is 0.545 e. The summed E-state index contributed by atoms with van der Waals surface area (Å²) in [7, 11) is 5.93. The van der Waals surface area contributed by atoms with Gasteiger partial charge in [0, 0.05) is 12.8 Å². The summed E-state index contributed by atoms with van der Waals surface area (Å²) >= 11 is 0. The number of hydrogen-bond donors (Lipinski definition) is 0. The Morgan fingerprint density at radius 2 is 0.626 bits per heavy atom. The number of carbonyl (C=O) groups is 3. The lowest BCUT2D eigenvalue weighted by atomic mass is 10.0. The Bertz CT molecular complexity index is 2010. The number of carbonyl (C=O) groups excluding carboxylic acids is 3. The van der Waals surface area contributed by atoms with Gasteiger partial charge in [-0.25, -0.2) is 0 Å². The van der Waals surface area contributed by atoms with Gasteiger partial charge in [0.25, 0.3) is 0 Å². The van der Waals surface area contributed by atoms with Crippen LogP contribution in [0, 0.1) is 0 Å². The van der Waals surface area contributed by atoms with Crippen molar-refractivity contribution in [3.63, 3.8) is 0 Å². The van der Waals surface area contributed by atoms with Crippen LogP contribution in [-0.4, -0.2) is 82.3 Å². The molecule has 0 fully saturated rings. The third-order valence-electron chi connectivity index (χ3n) is 15.6. The molecule has 0 heterocycles. The quantitative estimate of drug-likeness (QED) is 0.0195. The molecule has 0 aliphatic carbocycles. The Balaban J connectivity index is 4.16. The standard InChI is InChI=1S/C82H137NO8/c1-6-8-10-12-14-16-18-20-22-24-26-28-30-32-34-36-37-38-39-40-41-42-43-45-47-49-51-53-55-57-59-61-63-65-67-69-71-73-80(85)91-78(77-90-82(81(86)87)88-75-74-83(3,4)5)76-89-79(84)72-70-68-66-64-62-60-58-56-54-52-50-48-46-44-35-33-31-29-27-25-23-21-19-17-15-13-11-9-7-2/h8,10,14,16,19-22,25-28,31-34,37-38,40-41,43,45,49,51,78,82H,6-7,9,11-13,15,17-18,23-24,29-30,35-36,39,42,44,46-48,50,52-77H2,1-5H3/b10-8-,16-14-,21-19-,22-20-,27-25-,28-26-,33-31-,34-32-,38-37-,41-40-,45-43-,51-49-. The zero-order valence-electron chi connectivity index (χ0n) is 59.2. The van der Waals surface area contributed by atoms with E-state index in [1.807, 2.05) is 21.1 Å². The number of nitrogens with zero attached hydrogens (tertiary/aromatic N) is 1. The van der Waals surface area contributed by atoms with E-state index >= 15 is 0 Å². The van der Waals surface area contributed by atoms with Crippen LogP contribution in [0.15, 0.2) is 146 Å². The second kappa shape index (κ2) is 71.0. The van der Waals surface area contributed by atoms with Crippen molar-refractivity contribution in [2.75, 3.05) is 47.5 Å². The number of hydrogen-bond acceptors (Lipinski definition) is 8. The summed E-state index contributed by atoms with van der Waals surface area (Å²) in [6.07, 6.45) is 101. The molecule has 9 heteroatoms. The van der Waals surface area contributed by atoms with Gasteiger partial charge in [0.15, 0.2) is 12.4 Å². The predicted octanol–water partition coefficient (Wildman–Crippen LogP) is 22.1. The molecule has 2 unspecified atom stereocenters. The summed E-state index contributed by atoms with van der Waals surface area (Å²) < 4.78 is 22.8. The van der Waals surface area contributed by atoms with E-state index in [9.17, 15) is 19.5 Å². The van der Waals surface area contributed by atoms with Gasteiger partial charge in [-0.1, -0.05) is 307 Å². The van der Waals surface area contributed by atoms with Gasteiger partial charge in [-0.05, 0) is 122 Å². The van der Waals surface area contributed by atoms with Crippen molar-refractivity contribution >= 4 is 17.9 Å². The maximum atomic E-state index is 13.0. The highest BCUT2D eigenvalue weighted by atomic mass is 16.7. The molecule has 0 N–H and O–H groups in total. The number of unbranched alkanes of at least 4 members (excludes halogenated alkanes) is 28.